The van der Waals surface area contributed by atoms with Crippen molar-refractivity contribution in [2.75, 3.05) is 13.6 Å². The highest BCUT2D eigenvalue weighted by Gasteiger charge is 2.04. The quantitative estimate of drug-likeness (QED) is 0.773. The van der Waals surface area contributed by atoms with Crippen molar-refractivity contribution in [3.8, 4) is 0 Å². The molecule has 1 unspecified atom stereocenters. The van der Waals surface area contributed by atoms with Crippen molar-refractivity contribution in [3.05, 3.63) is 29.0 Å². The van der Waals surface area contributed by atoms with Crippen LogP contribution in [0.2, 0.25) is 5.15 Å². The molecule has 1 heterocycles. The van der Waals surface area contributed by atoms with E-state index >= 15 is 0 Å². The summed E-state index contributed by atoms with van der Waals surface area (Å²) in [4.78, 5) is 5.94. The van der Waals surface area contributed by atoms with Crippen molar-refractivity contribution in [2.24, 2.45) is 0 Å². The lowest BCUT2D eigenvalue weighted by Crippen LogP contribution is -2.26. The van der Waals surface area contributed by atoms with Gasteiger partial charge in [-0.1, -0.05) is 11.6 Å². The van der Waals surface area contributed by atoms with Crippen molar-refractivity contribution in [1.82, 2.24) is 9.88 Å². The summed E-state index contributed by atoms with van der Waals surface area (Å²) in [5, 5.41) is 9.68. The minimum absolute atomic E-state index is 0.308. The monoisotopic (exact) mass is 214 g/mol. The van der Waals surface area contributed by atoms with Gasteiger partial charge in [0.25, 0.3) is 0 Å². The van der Waals surface area contributed by atoms with Gasteiger partial charge in [-0.15, -0.1) is 0 Å². The minimum atomic E-state index is -0.308. The number of halogens is 1. The molecule has 0 bridgehead atoms. The van der Waals surface area contributed by atoms with Crippen LogP contribution in [0.4, 0.5) is 0 Å². The van der Waals surface area contributed by atoms with Crippen molar-refractivity contribution in [3.63, 3.8) is 0 Å². The predicted molar refractivity (Wildman–Crippen MR) is 57.3 cm³/mol. The van der Waals surface area contributed by atoms with Gasteiger partial charge in [0.2, 0.25) is 0 Å². The van der Waals surface area contributed by atoms with Gasteiger partial charge in [0, 0.05) is 19.3 Å². The van der Waals surface area contributed by atoms with E-state index in [-0.39, 0.29) is 6.10 Å². The van der Waals surface area contributed by atoms with Crippen LogP contribution in [0, 0.1) is 0 Å². The molecule has 0 amide bonds. The molecule has 3 nitrogen and oxygen atoms in total. The molecule has 78 valence electrons. The lowest BCUT2D eigenvalue weighted by molar-refractivity contribution is 0.138. The Morgan fingerprint density at radius 3 is 2.93 bits per heavy atom. The molecule has 0 spiro atoms. The number of aliphatic hydroxyl groups is 1. The summed E-state index contributed by atoms with van der Waals surface area (Å²) >= 11 is 5.76. The highest BCUT2D eigenvalue weighted by molar-refractivity contribution is 6.29. The number of likely N-dealkylation sites (N-methyl/N-ethyl adjacent to an activating group) is 1. The van der Waals surface area contributed by atoms with Crippen molar-refractivity contribution in [2.45, 2.75) is 19.6 Å². The molecule has 0 fully saturated rings. The van der Waals surface area contributed by atoms with Crippen LogP contribution in [0.1, 0.15) is 12.5 Å². The van der Waals surface area contributed by atoms with Gasteiger partial charge in [-0.2, -0.15) is 0 Å². The predicted octanol–water partition coefficient (Wildman–Crippen LogP) is 1.55. The Hall–Kier alpha value is -0.640. The third-order valence-corrected chi connectivity index (χ3v) is 2.03. The van der Waals surface area contributed by atoms with Crippen LogP contribution in [0.15, 0.2) is 18.3 Å². The van der Waals surface area contributed by atoms with Crippen LogP contribution >= 0.6 is 11.6 Å². The van der Waals surface area contributed by atoms with Crippen molar-refractivity contribution in [1.29, 1.82) is 0 Å². The molecule has 1 aromatic rings. The van der Waals surface area contributed by atoms with E-state index in [1.54, 1.807) is 13.1 Å². The zero-order valence-corrected chi connectivity index (χ0v) is 9.20. The van der Waals surface area contributed by atoms with Crippen LogP contribution in [0.3, 0.4) is 0 Å². The van der Waals surface area contributed by atoms with E-state index in [0.29, 0.717) is 11.7 Å². The fraction of sp³-hybridized carbons (Fsp3) is 0.500. The Labute approximate surface area is 89.3 Å². The first-order chi connectivity index (χ1) is 6.58. The van der Waals surface area contributed by atoms with E-state index in [0.717, 1.165) is 12.1 Å². The molecule has 1 atom stereocenters. The van der Waals surface area contributed by atoms with Crippen LogP contribution < -0.4 is 0 Å². The second-order valence-corrected chi connectivity index (χ2v) is 3.92. The maximum absolute atomic E-state index is 9.18. The Balaban J connectivity index is 2.51. The molecule has 0 aliphatic carbocycles. The van der Waals surface area contributed by atoms with Gasteiger partial charge in [0.05, 0.1) is 6.10 Å². The molecule has 1 N–H and O–H groups in total. The summed E-state index contributed by atoms with van der Waals surface area (Å²) < 4.78 is 0. The van der Waals surface area contributed by atoms with Gasteiger partial charge in [-0.3, -0.25) is 4.90 Å². The summed E-state index contributed by atoms with van der Waals surface area (Å²) in [6.45, 7) is 3.20. The normalized spacial score (nSPS) is 13.2. The van der Waals surface area contributed by atoms with Crippen LogP contribution in [0.5, 0.6) is 0 Å². The zero-order valence-electron chi connectivity index (χ0n) is 8.44. The zero-order chi connectivity index (χ0) is 10.6. The Morgan fingerprint density at radius 2 is 2.36 bits per heavy atom. The van der Waals surface area contributed by atoms with E-state index in [1.807, 2.05) is 24.1 Å². The number of aromatic nitrogens is 1. The SMILES string of the molecule is CC(O)CN(C)Cc1ccnc(Cl)c1. The number of hydrogen-bond acceptors (Lipinski definition) is 3. The molecule has 14 heavy (non-hydrogen) atoms. The number of hydrogen-bond donors (Lipinski definition) is 1. The molecule has 0 saturated heterocycles. The lowest BCUT2D eigenvalue weighted by Gasteiger charge is -2.18. The molecule has 0 radical (unpaired) electrons. The Kier molecular flexibility index (Phi) is 4.32. The second kappa shape index (κ2) is 5.29. The van der Waals surface area contributed by atoms with Crippen LogP contribution in [0.25, 0.3) is 0 Å². The van der Waals surface area contributed by atoms with Crippen LogP contribution in [-0.2, 0) is 6.54 Å². The fourth-order valence-corrected chi connectivity index (χ4v) is 1.56. The van der Waals surface area contributed by atoms with Gasteiger partial charge in [-0.25, -0.2) is 4.98 Å². The third-order valence-electron chi connectivity index (χ3n) is 1.82. The van der Waals surface area contributed by atoms with Gasteiger partial charge in [0.15, 0.2) is 0 Å². The lowest BCUT2D eigenvalue weighted by atomic mass is 10.2. The highest BCUT2D eigenvalue weighted by atomic mass is 35.5. The van der Waals surface area contributed by atoms with Crippen LogP contribution in [-0.4, -0.2) is 34.7 Å². The fourth-order valence-electron chi connectivity index (χ4n) is 1.37. The largest absolute Gasteiger partial charge is 0.392 e. The highest BCUT2D eigenvalue weighted by Crippen LogP contribution is 2.08. The maximum Gasteiger partial charge on any atom is 0.129 e. The molecule has 0 saturated carbocycles. The van der Waals surface area contributed by atoms with Gasteiger partial charge in [-0.05, 0) is 31.7 Å². The van der Waals surface area contributed by atoms with E-state index in [9.17, 15) is 5.11 Å². The van der Waals surface area contributed by atoms with E-state index < -0.39 is 0 Å². The average molecular weight is 215 g/mol. The van der Waals surface area contributed by atoms with Gasteiger partial charge >= 0.3 is 0 Å². The van der Waals surface area contributed by atoms with Crippen molar-refractivity contribution < 1.29 is 5.11 Å². The molecule has 4 heteroatoms. The number of nitrogens with zero attached hydrogens (tertiary/aromatic N) is 2. The molecular formula is C10H15ClN2O. The van der Waals surface area contributed by atoms with E-state index in [1.165, 1.54) is 0 Å². The maximum atomic E-state index is 9.18. The number of aliphatic hydroxyl groups excluding tert-OH is 1. The summed E-state index contributed by atoms with van der Waals surface area (Å²) in [6.07, 6.45) is 1.38. The summed E-state index contributed by atoms with van der Waals surface area (Å²) in [7, 11) is 1.96. The molecule has 0 aliphatic rings. The summed E-state index contributed by atoms with van der Waals surface area (Å²) in [5.41, 5.74) is 1.10. The number of pyridine rings is 1. The second-order valence-electron chi connectivity index (χ2n) is 3.53. The minimum Gasteiger partial charge on any atom is -0.392 e. The molecule has 0 aromatic carbocycles. The Morgan fingerprint density at radius 1 is 1.64 bits per heavy atom. The Bertz CT molecular complexity index is 291. The molecule has 1 aromatic heterocycles. The van der Waals surface area contributed by atoms with Gasteiger partial charge < -0.3 is 5.11 Å². The summed E-state index contributed by atoms with van der Waals surface area (Å²) in [5.74, 6) is 0. The van der Waals surface area contributed by atoms with Crippen molar-refractivity contribution >= 4 is 11.6 Å². The first-order valence-corrected chi connectivity index (χ1v) is 4.93. The smallest absolute Gasteiger partial charge is 0.129 e. The molecular weight excluding hydrogens is 200 g/mol. The first-order valence-electron chi connectivity index (χ1n) is 4.55. The topological polar surface area (TPSA) is 36.4 Å². The van der Waals surface area contributed by atoms with E-state index in [4.69, 9.17) is 11.6 Å². The summed E-state index contributed by atoms with van der Waals surface area (Å²) in [6, 6.07) is 3.75. The molecule has 0 aliphatic heterocycles. The standard InChI is InChI=1S/C10H15ClN2O/c1-8(14)6-13(2)7-9-3-4-12-10(11)5-9/h3-5,8,14H,6-7H2,1-2H3. The van der Waals surface area contributed by atoms with Gasteiger partial charge in [0.1, 0.15) is 5.15 Å². The third kappa shape index (κ3) is 4.05. The molecule has 1 rings (SSSR count). The number of rotatable bonds is 4. The average Bonchev–Trinajstić information content (AvgIpc) is 2.01. The van der Waals surface area contributed by atoms with E-state index in [2.05, 4.69) is 4.98 Å². The first kappa shape index (κ1) is 11.4.